The Balaban J connectivity index is 3.88. The number of quaternary nitrogens is 1. The molecule has 0 heterocycles. The molecular weight excluding hydrogens is 1090 g/mol. The number of likely N-dealkylation sites (N-methyl/N-ethyl adjacent to an activating group) is 1. The molecule has 8 nitrogen and oxygen atoms in total. The van der Waals surface area contributed by atoms with Crippen LogP contribution in [0.4, 0.5) is 0 Å². The predicted octanol–water partition coefficient (Wildman–Crippen LogP) is 25.0. The van der Waals surface area contributed by atoms with Crippen LogP contribution >= 0.6 is 7.82 Å². The predicted molar refractivity (Wildman–Crippen MR) is 381 cm³/mol. The maximum atomic E-state index is 13.1. The van der Waals surface area contributed by atoms with E-state index in [4.69, 9.17) is 9.05 Å². The van der Waals surface area contributed by atoms with Gasteiger partial charge in [0, 0.05) is 6.42 Å². The molecule has 0 aromatic rings. The number of phosphoric acid groups is 1. The van der Waals surface area contributed by atoms with Gasteiger partial charge in [-0.25, -0.2) is 0 Å². The van der Waals surface area contributed by atoms with E-state index in [0.29, 0.717) is 23.9 Å². The van der Waals surface area contributed by atoms with E-state index in [1.165, 1.54) is 366 Å². The van der Waals surface area contributed by atoms with Gasteiger partial charge in [-0.05, 0) is 38.5 Å². The third kappa shape index (κ3) is 72.5. The third-order valence-corrected chi connectivity index (χ3v) is 19.7. The minimum absolute atomic E-state index is 0.0164. The lowest BCUT2D eigenvalue weighted by atomic mass is 10.0. The molecule has 0 aromatic carbocycles. The monoisotopic (exact) mass is 1250 g/mol. The molecule has 87 heavy (non-hydrogen) atoms. The van der Waals surface area contributed by atoms with Crippen LogP contribution in [0.2, 0.25) is 0 Å². The van der Waals surface area contributed by atoms with E-state index in [-0.39, 0.29) is 19.1 Å². The fourth-order valence-electron chi connectivity index (χ4n) is 12.6. The van der Waals surface area contributed by atoms with Crippen LogP contribution in [-0.4, -0.2) is 68.5 Å². The highest BCUT2D eigenvalue weighted by molar-refractivity contribution is 7.45. The molecule has 0 aromatic heterocycles. The van der Waals surface area contributed by atoms with Gasteiger partial charge in [0.25, 0.3) is 7.82 Å². The number of aliphatic hydroxyl groups is 1. The van der Waals surface area contributed by atoms with Crippen molar-refractivity contribution in [3.05, 3.63) is 12.2 Å². The molecule has 0 spiro atoms. The lowest BCUT2D eigenvalue weighted by Gasteiger charge is -2.30. The van der Waals surface area contributed by atoms with E-state index >= 15 is 0 Å². The third-order valence-electron chi connectivity index (χ3n) is 18.8. The molecule has 520 valence electrons. The number of allylic oxidation sites excluding steroid dienone is 2. The van der Waals surface area contributed by atoms with Crippen molar-refractivity contribution in [1.82, 2.24) is 5.32 Å². The molecule has 3 atom stereocenters. The Morgan fingerprint density at radius 3 is 0.897 bits per heavy atom. The molecule has 2 N–H and O–H groups in total. The fraction of sp³-hybridized carbons (Fsp3) is 0.962. The summed E-state index contributed by atoms with van der Waals surface area (Å²) in [4.78, 5) is 25.7. The lowest BCUT2D eigenvalue weighted by molar-refractivity contribution is -0.870. The van der Waals surface area contributed by atoms with Gasteiger partial charge in [0.2, 0.25) is 5.91 Å². The number of carbonyl (C=O) groups excluding carboxylic acids is 1. The van der Waals surface area contributed by atoms with E-state index in [9.17, 15) is 19.4 Å². The molecule has 1 amide bonds. The number of hydrogen-bond acceptors (Lipinski definition) is 6. The molecule has 0 radical (unpaired) electrons. The Morgan fingerprint density at radius 1 is 0.391 bits per heavy atom. The number of aliphatic hydroxyl groups excluding tert-OH is 1. The first kappa shape index (κ1) is 86.2. The van der Waals surface area contributed by atoms with Crippen molar-refractivity contribution < 1.29 is 32.9 Å². The van der Waals surface area contributed by atoms with Gasteiger partial charge in [0.1, 0.15) is 13.2 Å². The first-order valence-electron chi connectivity index (χ1n) is 39.5. The highest BCUT2D eigenvalue weighted by Crippen LogP contribution is 2.38. The average molecular weight is 1250 g/mol. The number of unbranched alkanes of at least 4 members (excludes halogenated alkanes) is 60. The summed E-state index contributed by atoms with van der Waals surface area (Å²) in [5.74, 6) is -0.153. The van der Waals surface area contributed by atoms with E-state index < -0.39 is 20.0 Å². The van der Waals surface area contributed by atoms with Gasteiger partial charge in [-0.1, -0.05) is 398 Å². The van der Waals surface area contributed by atoms with Crippen LogP contribution in [0, 0.1) is 0 Å². The van der Waals surface area contributed by atoms with Gasteiger partial charge in [-0.3, -0.25) is 9.36 Å². The summed E-state index contributed by atoms with van der Waals surface area (Å²) < 4.78 is 23.6. The minimum Gasteiger partial charge on any atom is -0.756 e. The van der Waals surface area contributed by atoms with Crippen LogP contribution in [0.3, 0.4) is 0 Å². The number of nitrogens with zero attached hydrogens (tertiary/aromatic N) is 1. The van der Waals surface area contributed by atoms with Gasteiger partial charge in [-0.15, -0.1) is 0 Å². The van der Waals surface area contributed by atoms with Crippen molar-refractivity contribution in [1.29, 1.82) is 0 Å². The van der Waals surface area contributed by atoms with Crippen molar-refractivity contribution in [2.24, 2.45) is 0 Å². The van der Waals surface area contributed by atoms with E-state index in [1.54, 1.807) is 0 Å². The minimum atomic E-state index is -4.58. The number of hydrogen-bond donors (Lipinski definition) is 2. The average Bonchev–Trinajstić information content (AvgIpc) is 3.69. The summed E-state index contributed by atoms with van der Waals surface area (Å²) in [5, 5.41) is 14.1. The zero-order valence-electron chi connectivity index (χ0n) is 59.8. The van der Waals surface area contributed by atoms with Gasteiger partial charge in [0.15, 0.2) is 0 Å². The smallest absolute Gasteiger partial charge is 0.268 e. The summed E-state index contributed by atoms with van der Waals surface area (Å²) in [5.41, 5.74) is 0. The fourth-order valence-corrected chi connectivity index (χ4v) is 13.4. The molecule has 0 aliphatic heterocycles. The molecule has 0 aliphatic carbocycles. The summed E-state index contributed by atoms with van der Waals surface area (Å²) in [6.45, 7) is 4.80. The van der Waals surface area contributed by atoms with Crippen LogP contribution in [0.5, 0.6) is 0 Å². The zero-order chi connectivity index (χ0) is 63.4. The summed E-state index contributed by atoms with van der Waals surface area (Å²) in [7, 11) is 1.33. The van der Waals surface area contributed by atoms with Crippen molar-refractivity contribution in [3.8, 4) is 0 Å². The molecule has 0 saturated heterocycles. The number of phosphoric ester groups is 1. The lowest BCUT2D eigenvalue weighted by Crippen LogP contribution is -2.46. The molecule has 0 aliphatic rings. The molecule has 3 unspecified atom stereocenters. The van der Waals surface area contributed by atoms with E-state index in [0.717, 1.165) is 38.5 Å². The number of amides is 1. The Labute approximate surface area is 545 Å². The van der Waals surface area contributed by atoms with Crippen LogP contribution in [0.15, 0.2) is 12.2 Å². The standard InChI is InChI=1S/C78H157N2O6P/c1-6-8-10-12-14-16-18-20-22-24-26-28-30-32-34-35-36-37-38-39-40-41-42-43-44-45-46-48-50-52-54-56-58-60-62-64-66-68-70-72-78(82)79-76(75-86-87(83,84)85-74-73-80(3,4)5)77(81)71-69-67-65-63-61-59-57-55-53-51-49-47-33-31-29-27-25-23-21-19-17-15-13-11-9-7-2/h24,26,76-77,81H,6-23,25,27-75H2,1-5H3,(H-,79,82,83,84)/b26-24-. The zero-order valence-corrected chi connectivity index (χ0v) is 60.7. The van der Waals surface area contributed by atoms with Crippen LogP contribution in [-0.2, 0) is 18.4 Å². The topological polar surface area (TPSA) is 108 Å². The Hall–Kier alpha value is -0.760. The van der Waals surface area contributed by atoms with Crippen LogP contribution in [0.25, 0.3) is 0 Å². The van der Waals surface area contributed by atoms with Crippen LogP contribution in [0.1, 0.15) is 431 Å². The SMILES string of the molecule is CCCCCCCCCC/C=C\CCCCCCCCCCCCCCCCCCCCCCCCCCCCCC(=O)NC(COP(=O)([O-])OCC[N+](C)(C)C)C(O)CCCCCCCCCCCCCCCCCCCCCCCCCCCC. The number of carbonyl (C=O) groups is 1. The van der Waals surface area contributed by atoms with Crippen molar-refractivity contribution in [3.63, 3.8) is 0 Å². The molecular formula is C78H157N2O6P. The Kier molecular flexibility index (Phi) is 69.0. The van der Waals surface area contributed by atoms with Crippen LogP contribution < -0.4 is 10.2 Å². The number of nitrogens with one attached hydrogen (secondary N) is 1. The van der Waals surface area contributed by atoms with Gasteiger partial charge >= 0.3 is 0 Å². The quantitative estimate of drug-likeness (QED) is 0.0272. The second kappa shape index (κ2) is 69.6. The maximum absolute atomic E-state index is 13.1. The van der Waals surface area contributed by atoms with Crippen molar-refractivity contribution in [2.75, 3.05) is 40.9 Å². The van der Waals surface area contributed by atoms with E-state index in [2.05, 4.69) is 31.3 Å². The maximum Gasteiger partial charge on any atom is 0.268 e. The van der Waals surface area contributed by atoms with Crippen molar-refractivity contribution in [2.45, 2.75) is 443 Å². The highest BCUT2D eigenvalue weighted by Gasteiger charge is 2.24. The Morgan fingerprint density at radius 2 is 0.632 bits per heavy atom. The van der Waals surface area contributed by atoms with Crippen molar-refractivity contribution >= 4 is 13.7 Å². The second-order valence-electron chi connectivity index (χ2n) is 28.8. The summed E-state index contributed by atoms with van der Waals surface area (Å²) in [6, 6.07) is -0.798. The number of rotatable bonds is 75. The molecule has 0 rings (SSSR count). The largest absolute Gasteiger partial charge is 0.756 e. The normalized spacial score (nSPS) is 13.5. The molecule has 0 saturated carbocycles. The molecule has 0 bridgehead atoms. The summed E-state index contributed by atoms with van der Waals surface area (Å²) >= 11 is 0. The second-order valence-corrected chi connectivity index (χ2v) is 30.2. The first-order chi connectivity index (χ1) is 42.5. The highest BCUT2D eigenvalue weighted by atomic mass is 31.2. The molecule has 9 heteroatoms. The molecule has 0 fully saturated rings. The van der Waals surface area contributed by atoms with Gasteiger partial charge in [0.05, 0.1) is 39.9 Å². The van der Waals surface area contributed by atoms with Gasteiger partial charge < -0.3 is 28.8 Å². The van der Waals surface area contributed by atoms with Gasteiger partial charge in [-0.2, -0.15) is 0 Å². The first-order valence-corrected chi connectivity index (χ1v) is 41.0. The van der Waals surface area contributed by atoms with E-state index in [1.807, 2.05) is 21.1 Å². The Bertz CT molecular complexity index is 1420. The summed E-state index contributed by atoms with van der Waals surface area (Å²) in [6.07, 6.45) is 90.5.